The zero-order valence-electron chi connectivity index (χ0n) is 12.0. The fourth-order valence-corrected chi connectivity index (χ4v) is 1.94. The van der Waals surface area contributed by atoms with Crippen molar-refractivity contribution in [3.8, 4) is 0 Å². The fourth-order valence-electron chi connectivity index (χ4n) is 1.75. The highest BCUT2D eigenvalue weighted by atomic mass is 35.5. The zero-order chi connectivity index (χ0) is 14.3. The van der Waals surface area contributed by atoms with Crippen LogP contribution in [0, 0.1) is 5.92 Å². The summed E-state index contributed by atoms with van der Waals surface area (Å²) in [6.45, 7) is 7.00. The molecular formula is C13H22ClN3O2. The van der Waals surface area contributed by atoms with Gasteiger partial charge in [0.15, 0.2) is 5.82 Å². The summed E-state index contributed by atoms with van der Waals surface area (Å²) < 4.78 is 10.2. The van der Waals surface area contributed by atoms with Crippen molar-refractivity contribution in [3.63, 3.8) is 0 Å². The largest absolute Gasteiger partial charge is 0.383 e. The van der Waals surface area contributed by atoms with E-state index in [1.807, 2.05) is 0 Å². The molecule has 1 rings (SSSR count). The summed E-state index contributed by atoms with van der Waals surface area (Å²) in [7, 11) is 3.30. The number of hydrogen-bond donors (Lipinski definition) is 0. The Bertz CT molecular complexity index is 388. The normalized spacial score (nSPS) is 11.1. The molecule has 108 valence electrons. The number of rotatable bonds is 8. The van der Waals surface area contributed by atoms with Gasteiger partial charge in [-0.25, -0.2) is 9.97 Å². The van der Waals surface area contributed by atoms with Crippen LogP contribution in [0.1, 0.15) is 19.7 Å². The molecule has 0 aliphatic carbocycles. The first-order chi connectivity index (χ1) is 9.06. The molecule has 1 heterocycles. The molecule has 5 nitrogen and oxygen atoms in total. The Labute approximate surface area is 119 Å². The van der Waals surface area contributed by atoms with E-state index in [-0.39, 0.29) is 0 Å². The van der Waals surface area contributed by atoms with Gasteiger partial charge in [-0.15, -0.1) is 0 Å². The van der Waals surface area contributed by atoms with Crippen LogP contribution < -0.4 is 4.90 Å². The van der Waals surface area contributed by atoms with E-state index in [0.29, 0.717) is 30.1 Å². The van der Waals surface area contributed by atoms with E-state index in [1.165, 1.54) is 0 Å². The van der Waals surface area contributed by atoms with Gasteiger partial charge in [0.2, 0.25) is 0 Å². The minimum Gasteiger partial charge on any atom is -0.383 e. The molecule has 0 N–H and O–H groups in total. The minimum absolute atomic E-state index is 0.355. The smallest absolute Gasteiger partial charge is 0.158 e. The lowest BCUT2D eigenvalue weighted by molar-refractivity contribution is 0.177. The molecule has 0 radical (unpaired) electrons. The molecule has 1 aromatic rings. The van der Waals surface area contributed by atoms with Crippen LogP contribution in [0.2, 0.25) is 5.15 Å². The quantitative estimate of drug-likeness (QED) is 0.687. The van der Waals surface area contributed by atoms with E-state index in [9.17, 15) is 0 Å². The number of nitrogens with zero attached hydrogens (tertiary/aromatic N) is 3. The monoisotopic (exact) mass is 287 g/mol. The lowest BCUT2D eigenvalue weighted by atomic mass is 10.2. The maximum atomic E-state index is 6.04. The molecule has 0 saturated carbocycles. The van der Waals surface area contributed by atoms with E-state index < -0.39 is 0 Å². The van der Waals surface area contributed by atoms with Crippen LogP contribution in [-0.2, 0) is 16.1 Å². The molecule has 19 heavy (non-hydrogen) atoms. The number of methoxy groups -OCH3 is 2. The van der Waals surface area contributed by atoms with E-state index in [4.69, 9.17) is 21.1 Å². The fraction of sp³-hybridized carbons (Fsp3) is 0.692. The summed E-state index contributed by atoms with van der Waals surface area (Å²) in [6, 6.07) is 1.78. The van der Waals surface area contributed by atoms with Crippen LogP contribution in [0.3, 0.4) is 0 Å². The third-order valence-corrected chi connectivity index (χ3v) is 2.67. The van der Waals surface area contributed by atoms with E-state index in [2.05, 4.69) is 28.7 Å². The molecular weight excluding hydrogens is 266 g/mol. The number of anilines is 1. The van der Waals surface area contributed by atoms with Crippen LogP contribution in [0.15, 0.2) is 6.07 Å². The third-order valence-electron chi connectivity index (χ3n) is 2.48. The summed E-state index contributed by atoms with van der Waals surface area (Å²) in [4.78, 5) is 10.8. The highest BCUT2D eigenvalue weighted by molar-refractivity contribution is 6.29. The van der Waals surface area contributed by atoms with Gasteiger partial charge in [0.1, 0.15) is 17.6 Å². The topological polar surface area (TPSA) is 47.5 Å². The molecule has 1 aromatic heterocycles. The summed E-state index contributed by atoms with van der Waals surface area (Å²) in [5, 5.41) is 0.434. The van der Waals surface area contributed by atoms with Crippen LogP contribution >= 0.6 is 11.6 Å². The SMILES string of the molecule is COCCN(CC(C)C)c1cc(Cl)nc(COC)n1. The lowest BCUT2D eigenvalue weighted by Crippen LogP contribution is -2.32. The Balaban J connectivity index is 2.92. The summed E-state index contributed by atoms with van der Waals surface area (Å²) in [6.07, 6.45) is 0. The zero-order valence-corrected chi connectivity index (χ0v) is 12.8. The van der Waals surface area contributed by atoms with Crippen molar-refractivity contribution in [2.75, 3.05) is 38.8 Å². The predicted octanol–water partition coefficient (Wildman–Crippen LogP) is 2.39. The molecule has 0 unspecified atom stereocenters. The highest BCUT2D eigenvalue weighted by Gasteiger charge is 2.12. The Kier molecular flexibility index (Phi) is 7.05. The van der Waals surface area contributed by atoms with Crippen molar-refractivity contribution in [1.29, 1.82) is 0 Å². The van der Waals surface area contributed by atoms with Gasteiger partial charge in [-0.05, 0) is 5.92 Å². The van der Waals surface area contributed by atoms with Gasteiger partial charge in [-0.3, -0.25) is 0 Å². The van der Waals surface area contributed by atoms with Gasteiger partial charge in [-0.2, -0.15) is 0 Å². The molecule has 0 bridgehead atoms. The third kappa shape index (κ3) is 5.72. The van der Waals surface area contributed by atoms with Crippen molar-refractivity contribution < 1.29 is 9.47 Å². The Morgan fingerprint density at radius 2 is 2.00 bits per heavy atom. The highest BCUT2D eigenvalue weighted by Crippen LogP contribution is 2.17. The standard InChI is InChI=1S/C13H22ClN3O2/c1-10(2)8-17(5-6-18-3)13-7-11(14)15-12(16-13)9-19-4/h7,10H,5-6,8-9H2,1-4H3. The average Bonchev–Trinajstić information content (AvgIpc) is 2.33. The summed E-state index contributed by atoms with van der Waals surface area (Å²) in [5.74, 6) is 1.94. The first-order valence-corrected chi connectivity index (χ1v) is 6.71. The van der Waals surface area contributed by atoms with Gasteiger partial charge < -0.3 is 14.4 Å². The maximum absolute atomic E-state index is 6.04. The molecule has 0 aromatic carbocycles. The molecule has 0 amide bonds. The molecule has 0 atom stereocenters. The summed E-state index contributed by atoms with van der Waals surface area (Å²) >= 11 is 6.04. The van der Waals surface area contributed by atoms with E-state index in [1.54, 1.807) is 20.3 Å². The van der Waals surface area contributed by atoms with Gasteiger partial charge in [0, 0.05) is 33.4 Å². The van der Waals surface area contributed by atoms with Gasteiger partial charge in [0.05, 0.1) is 6.61 Å². The van der Waals surface area contributed by atoms with Crippen molar-refractivity contribution in [3.05, 3.63) is 17.0 Å². The Morgan fingerprint density at radius 1 is 1.26 bits per heavy atom. The number of ether oxygens (including phenoxy) is 2. The molecule has 0 aliphatic rings. The van der Waals surface area contributed by atoms with Gasteiger partial charge in [-0.1, -0.05) is 25.4 Å². The average molecular weight is 288 g/mol. The maximum Gasteiger partial charge on any atom is 0.158 e. The van der Waals surface area contributed by atoms with Crippen molar-refractivity contribution >= 4 is 17.4 Å². The predicted molar refractivity (Wildman–Crippen MR) is 76.7 cm³/mol. The molecule has 0 saturated heterocycles. The number of halogens is 1. The van der Waals surface area contributed by atoms with Gasteiger partial charge in [0.25, 0.3) is 0 Å². The van der Waals surface area contributed by atoms with Gasteiger partial charge >= 0.3 is 0 Å². The number of aromatic nitrogens is 2. The molecule has 0 fully saturated rings. The van der Waals surface area contributed by atoms with Crippen LogP contribution in [0.25, 0.3) is 0 Å². The first kappa shape index (κ1) is 16.1. The second-order valence-corrected chi connectivity index (χ2v) is 5.12. The number of hydrogen-bond acceptors (Lipinski definition) is 5. The van der Waals surface area contributed by atoms with E-state index >= 15 is 0 Å². The van der Waals surface area contributed by atoms with E-state index in [0.717, 1.165) is 18.9 Å². The van der Waals surface area contributed by atoms with Crippen LogP contribution in [0.4, 0.5) is 5.82 Å². The van der Waals surface area contributed by atoms with Crippen LogP contribution in [-0.4, -0.2) is 43.9 Å². The van der Waals surface area contributed by atoms with Crippen molar-refractivity contribution in [1.82, 2.24) is 9.97 Å². The Hall–Kier alpha value is -0.910. The lowest BCUT2D eigenvalue weighted by Gasteiger charge is -2.25. The van der Waals surface area contributed by atoms with Crippen molar-refractivity contribution in [2.45, 2.75) is 20.5 Å². The Morgan fingerprint density at radius 3 is 2.58 bits per heavy atom. The minimum atomic E-state index is 0.355. The second-order valence-electron chi connectivity index (χ2n) is 4.73. The molecule has 0 aliphatic heterocycles. The second kappa shape index (κ2) is 8.30. The van der Waals surface area contributed by atoms with Crippen molar-refractivity contribution in [2.24, 2.45) is 5.92 Å². The summed E-state index contributed by atoms with van der Waals surface area (Å²) in [5.41, 5.74) is 0. The first-order valence-electron chi connectivity index (χ1n) is 6.33. The van der Waals surface area contributed by atoms with Crippen LogP contribution in [0.5, 0.6) is 0 Å². The molecule has 6 heteroatoms. The molecule has 0 spiro atoms.